The van der Waals surface area contributed by atoms with Crippen LogP contribution in [0.1, 0.15) is 33.0 Å². The van der Waals surface area contributed by atoms with Crippen LogP contribution in [0.25, 0.3) is 11.0 Å². The molecule has 0 radical (unpaired) electrons. The first-order valence-electron chi connectivity index (χ1n) is 8.31. The number of imidazole rings is 1. The van der Waals surface area contributed by atoms with E-state index in [1.165, 1.54) is 0 Å². The van der Waals surface area contributed by atoms with E-state index in [1.54, 1.807) is 11.9 Å². The summed E-state index contributed by atoms with van der Waals surface area (Å²) in [5, 5.41) is 0. The van der Waals surface area contributed by atoms with E-state index in [1.807, 2.05) is 45.0 Å². The molecule has 0 saturated heterocycles. The fourth-order valence-corrected chi connectivity index (χ4v) is 2.42. The minimum atomic E-state index is -0.455. The van der Waals surface area contributed by atoms with Crippen molar-refractivity contribution < 1.29 is 9.53 Å². The van der Waals surface area contributed by atoms with Crippen molar-refractivity contribution >= 4 is 17.1 Å². The SMILES string of the molecule is CN(CCCN(C)C(=O)OC(C)(C)C)Cc1nc2ccccc2[nH]1. The highest BCUT2D eigenvalue weighted by Crippen LogP contribution is 2.12. The fraction of sp³-hybridized carbons (Fsp3) is 0.556. The lowest BCUT2D eigenvalue weighted by atomic mass is 10.2. The maximum absolute atomic E-state index is 11.9. The van der Waals surface area contributed by atoms with Crippen LogP contribution in [0, 0.1) is 0 Å². The van der Waals surface area contributed by atoms with Gasteiger partial charge >= 0.3 is 6.09 Å². The van der Waals surface area contributed by atoms with Gasteiger partial charge in [0.1, 0.15) is 11.4 Å². The van der Waals surface area contributed by atoms with Crippen LogP contribution < -0.4 is 0 Å². The van der Waals surface area contributed by atoms with Gasteiger partial charge in [-0.25, -0.2) is 9.78 Å². The molecule has 0 saturated carbocycles. The van der Waals surface area contributed by atoms with E-state index in [2.05, 4.69) is 21.9 Å². The molecule has 0 bridgehead atoms. The predicted molar refractivity (Wildman–Crippen MR) is 95.9 cm³/mol. The molecule has 0 fully saturated rings. The number of carbonyl (C=O) groups is 1. The molecule has 0 unspecified atom stereocenters. The van der Waals surface area contributed by atoms with Gasteiger partial charge in [-0.1, -0.05) is 12.1 Å². The molecule has 2 aromatic rings. The molecule has 1 aromatic carbocycles. The second-order valence-electron chi connectivity index (χ2n) is 7.19. The number of aromatic nitrogens is 2. The number of carbonyl (C=O) groups excluding carboxylic acids is 1. The molecular formula is C18H28N4O2. The molecule has 6 heteroatoms. The molecule has 0 atom stereocenters. The van der Waals surface area contributed by atoms with Crippen molar-refractivity contribution in [1.82, 2.24) is 19.8 Å². The van der Waals surface area contributed by atoms with Gasteiger partial charge in [-0.05, 0) is 52.9 Å². The van der Waals surface area contributed by atoms with Crippen molar-refractivity contribution in [2.45, 2.75) is 39.3 Å². The molecule has 0 aliphatic rings. The third kappa shape index (κ3) is 5.53. The van der Waals surface area contributed by atoms with Crippen LogP contribution in [0.15, 0.2) is 24.3 Å². The lowest BCUT2D eigenvalue weighted by Crippen LogP contribution is -2.35. The summed E-state index contributed by atoms with van der Waals surface area (Å²) in [6.45, 7) is 7.92. The number of para-hydroxylation sites is 2. The Morgan fingerprint density at radius 1 is 1.21 bits per heavy atom. The minimum Gasteiger partial charge on any atom is -0.444 e. The number of rotatable bonds is 6. The standard InChI is InChI=1S/C18H28N4O2/c1-18(2,3)24-17(23)22(5)12-8-11-21(4)13-16-19-14-9-6-7-10-15(14)20-16/h6-7,9-10H,8,11-13H2,1-5H3,(H,19,20). The van der Waals surface area contributed by atoms with E-state index in [-0.39, 0.29) is 6.09 Å². The predicted octanol–water partition coefficient (Wildman–Crippen LogP) is 3.25. The van der Waals surface area contributed by atoms with Gasteiger partial charge in [-0.15, -0.1) is 0 Å². The van der Waals surface area contributed by atoms with Crippen molar-refractivity contribution in [1.29, 1.82) is 0 Å². The first-order valence-corrected chi connectivity index (χ1v) is 8.31. The highest BCUT2D eigenvalue weighted by Gasteiger charge is 2.19. The van der Waals surface area contributed by atoms with Gasteiger partial charge < -0.3 is 14.6 Å². The summed E-state index contributed by atoms with van der Waals surface area (Å²) in [5.74, 6) is 0.958. The number of benzene rings is 1. The fourth-order valence-electron chi connectivity index (χ4n) is 2.42. The molecule has 1 N–H and O–H groups in total. The van der Waals surface area contributed by atoms with Crippen LogP contribution in [0.3, 0.4) is 0 Å². The quantitative estimate of drug-likeness (QED) is 0.882. The van der Waals surface area contributed by atoms with E-state index < -0.39 is 5.60 Å². The van der Waals surface area contributed by atoms with E-state index in [0.29, 0.717) is 6.54 Å². The largest absolute Gasteiger partial charge is 0.444 e. The molecule has 132 valence electrons. The summed E-state index contributed by atoms with van der Waals surface area (Å²) >= 11 is 0. The van der Waals surface area contributed by atoms with Crippen LogP contribution in [-0.4, -0.2) is 58.6 Å². The van der Waals surface area contributed by atoms with E-state index in [0.717, 1.165) is 36.4 Å². The number of amides is 1. The average molecular weight is 332 g/mol. The number of aromatic amines is 1. The molecule has 0 aliphatic heterocycles. The number of hydrogen-bond donors (Lipinski definition) is 1. The Kier molecular flexibility index (Phi) is 5.83. The van der Waals surface area contributed by atoms with E-state index in [4.69, 9.17) is 4.74 Å². The molecule has 6 nitrogen and oxygen atoms in total. The maximum atomic E-state index is 11.9. The van der Waals surface area contributed by atoms with Gasteiger partial charge in [0.2, 0.25) is 0 Å². The van der Waals surface area contributed by atoms with Crippen LogP contribution in [0.2, 0.25) is 0 Å². The maximum Gasteiger partial charge on any atom is 0.410 e. The van der Waals surface area contributed by atoms with Crippen molar-refractivity contribution in [2.24, 2.45) is 0 Å². The Balaban J connectivity index is 1.74. The highest BCUT2D eigenvalue weighted by atomic mass is 16.6. The lowest BCUT2D eigenvalue weighted by Gasteiger charge is -2.25. The van der Waals surface area contributed by atoms with Crippen LogP contribution in [0.5, 0.6) is 0 Å². The van der Waals surface area contributed by atoms with Gasteiger partial charge in [-0.3, -0.25) is 4.90 Å². The third-order valence-corrected chi connectivity index (χ3v) is 3.60. The Morgan fingerprint density at radius 3 is 2.58 bits per heavy atom. The molecular weight excluding hydrogens is 304 g/mol. The summed E-state index contributed by atoms with van der Waals surface area (Å²) in [5.41, 5.74) is 1.60. The third-order valence-electron chi connectivity index (χ3n) is 3.60. The Hall–Kier alpha value is -2.08. The Labute approximate surface area is 143 Å². The topological polar surface area (TPSA) is 61.5 Å². The lowest BCUT2D eigenvalue weighted by molar-refractivity contribution is 0.0293. The number of ether oxygens (including phenoxy) is 1. The van der Waals surface area contributed by atoms with Gasteiger partial charge in [-0.2, -0.15) is 0 Å². The summed E-state index contributed by atoms with van der Waals surface area (Å²) in [7, 11) is 3.83. The van der Waals surface area contributed by atoms with Crippen LogP contribution in [0.4, 0.5) is 4.79 Å². The van der Waals surface area contributed by atoms with Gasteiger partial charge in [0.25, 0.3) is 0 Å². The number of hydrogen-bond acceptors (Lipinski definition) is 4. The molecule has 24 heavy (non-hydrogen) atoms. The van der Waals surface area contributed by atoms with Crippen molar-refractivity contribution in [3.8, 4) is 0 Å². The summed E-state index contributed by atoms with van der Waals surface area (Å²) in [4.78, 5) is 23.6. The van der Waals surface area contributed by atoms with E-state index >= 15 is 0 Å². The monoisotopic (exact) mass is 332 g/mol. The van der Waals surface area contributed by atoms with Gasteiger partial charge in [0.15, 0.2) is 0 Å². The summed E-state index contributed by atoms with van der Waals surface area (Å²) in [6, 6.07) is 8.02. The first kappa shape index (κ1) is 18.3. The smallest absolute Gasteiger partial charge is 0.410 e. The van der Waals surface area contributed by atoms with Crippen molar-refractivity contribution in [3.63, 3.8) is 0 Å². The van der Waals surface area contributed by atoms with Crippen molar-refractivity contribution in [2.75, 3.05) is 27.2 Å². The second-order valence-corrected chi connectivity index (χ2v) is 7.19. The Bertz CT molecular complexity index is 642. The number of nitrogens with zero attached hydrogens (tertiary/aromatic N) is 3. The highest BCUT2D eigenvalue weighted by molar-refractivity contribution is 5.74. The summed E-state index contributed by atoms with van der Waals surface area (Å²) < 4.78 is 5.34. The molecule has 2 rings (SSSR count). The molecule has 0 spiro atoms. The molecule has 1 amide bonds. The minimum absolute atomic E-state index is 0.276. The first-order chi connectivity index (χ1) is 11.2. The van der Waals surface area contributed by atoms with Crippen LogP contribution >= 0.6 is 0 Å². The van der Waals surface area contributed by atoms with Gasteiger partial charge in [0.05, 0.1) is 17.6 Å². The normalized spacial score (nSPS) is 11.9. The number of nitrogens with one attached hydrogen (secondary N) is 1. The van der Waals surface area contributed by atoms with Gasteiger partial charge in [0, 0.05) is 13.6 Å². The molecule has 1 heterocycles. The summed E-state index contributed by atoms with van der Waals surface area (Å²) in [6.07, 6.45) is 0.606. The number of H-pyrrole nitrogens is 1. The average Bonchev–Trinajstić information content (AvgIpc) is 2.87. The number of fused-ring (bicyclic) bond motifs is 1. The van der Waals surface area contributed by atoms with Crippen LogP contribution in [-0.2, 0) is 11.3 Å². The van der Waals surface area contributed by atoms with E-state index in [9.17, 15) is 4.79 Å². The Morgan fingerprint density at radius 2 is 1.92 bits per heavy atom. The zero-order valence-corrected chi connectivity index (χ0v) is 15.3. The second kappa shape index (κ2) is 7.66. The molecule has 0 aliphatic carbocycles. The zero-order valence-electron chi connectivity index (χ0n) is 15.3. The van der Waals surface area contributed by atoms with Crippen molar-refractivity contribution in [3.05, 3.63) is 30.1 Å². The zero-order chi connectivity index (χ0) is 17.7. The molecule has 1 aromatic heterocycles.